The molecule has 1 heterocycles. The number of amides is 1. The molecular weight excluding hydrogens is 426 g/mol. The van der Waals surface area contributed by atoms with Crippen LogP contribution in [0.15, 0.2) is 79.0 Å². The van der Waals surface area contributed by atoms with E-state index in [-0.39, 0.29) is 5.56 Å². The van der Waals surface area contributed by atoms with Crippen molar-refractivity contribution in [1.29, 1.82) is 5.26 Å². The van der Waals surface area contributed by atoms with Crippen molar-refractivity contribution in [3.8, 4) is 28.8 Å². The second-order valence-electron chi connectivity index (χ2n) is 7.13. The summed E-state index contributed by atoms with van der Waals surface area (Å²) in [5.74, 6) is -0.802. The number of carbonyl (C=O) groups is 1. The number of methoxy groups -OCH3 is 1. The normalized spacial score (nSPS) is 11.5. The van der Waals surface area contributed by atoms with E-state index < -0.39 is 23.6 Å². The molecule has 1 unspecified atom stereocenters. The van der Waals surface area contributed by atoms with Gasteiger partial charge in [0.05, 0.1) is 24.4 Å². The first-order chi connectivity index (χ1) is 16.0. The molecule has 33 heavy (non-hydrogen) atoms. The van der Waals surface area contributed by atoms with Crippen molar-refractivity contribution in [2.75, 3.05) is 7.11 Å². The molecule has 0 bridgehead atoms. The van der Waals surface area contributed by atoms with E-state index in [0.29, 0.717) is 28.3 Å². The van der Waals surface area contributed by atoms with Crippen molar-refractivity contribution in [3.05, 3.63) is 102 Å². The zero-order valence-electron chi connectivity index (χ0n) is 17.5. The highest BCUT2D eigenvalue weighted by atomic mass is 19.1. The fraction of sp³-hybridized carbons (Fsp3) is 0.0800. The molecule has 8 heteroatoms. The predicted molar refractivity (Wildman–Crippen MR) is 118 cm³/mol. The first kappa shape index (κ1) is 21.7. The second kappa shape index (κ2) is 9.32. The Labute approximate surface area is 188 Å². The van der Waals surface area contributed by atoms with Gasteiger partial charge in [0.15, 0.2) is 0 Å². The van der Waals surface area contributed by atoms with Gasteiger partial charge in [0, 0.05) is 11.8 Å². The van der Waals surface area contributed by atoms with Crippen LogP contribution in [-0.4, -0.2) is 22.8 Å². The van der Waals surface area contributed by atoms with E-state index in [1.807, 2.05) is 6.07 Å². The van der Waals surface area contributed by atoms with Crippen molar-refractivity contribution in [2.24, 2.45) is 0 Å². The Balaban J connectivity index is 1.74. The Bertz CT molecular complexity index is 1330. The Morgan fingerprint density at radius 3 is 2.36 bits per heavy atom. The lowest BCUT2D eigenvalue weighted by Crippen LogP contribution is -2.27. The Kier molecular flexibility index (Phi) is 6.13. The lowest BCUT2D eigenvalue weighted by molar-refractivity contribution is 0.0945. The molecule has 4 aromatic rings. The summed E-state index contributed by atoms with van der Waals surface area (Å²) in [7, 11) is 1.53. The minimum atomic E-state index is -0.995. The smallest absolute Gasteiger partial charge is 0.256 e. The van der Waals surface area contributed by atoms with E-state index in [9.17, 15) is 18.8 Å². The van der Waals surface area contributed by atoms with E-state index in [4.69, 9.17) is 4.74 Å². The summed E-state index contributed by atoms with van der Waals surface area (Å²) in [6.07, 6.45) is 1.51. The number of nitrogens with one attached hydrogen (secondary N) is 1. The van der Waals surface area contributed by atoms with Crippen LogP contribution in [0.1, 0.15) is 22.0 Å². The van der Waals surface area contributed by atoms with Crippen LogP contribution in [0.3, 0.4) is 0 Å². The summed E-state index contributed by atoms with van der Waals surface area (Å²) in [4.78, 5) is 13.2. The molecule has 0 fully saturated rings. The van der Waals surface area contributed by atoms with Gasteiger partial charge in [-0.3, -0.25) is 4.79 Å². The first-order valence-corrected chi connectivity index (χ1v) is 9.94. The zero-order valence-corrected chi connectivity index (χ0v) is 17.5. The Morgan fingerprint density at radius 2 is 1.73 bits per heavy atom. The van der Waals surface area contributed by atoms with Crippen LogP contribution in [0.25, 0.3) is 16.9 Å². The van der Waals surface area contributed by atoms with Gasteiger partial charge in [-0.05, 0) is 54.1 Å². The number of rotatable bonds is 6. The molecule has 164 valence electrons. The largest absolute Gasteiger partial charge is 0.497 e. The van der Waals surface area contributed by atoms with Crippen LogP contribution in [0.5, 0.6) is 5.75 Å². The molecule has 0 saturated carbocycles. The van der Waals surface area contributed by atoms with E-state index in [0.717, 1.165) is 0 Å². The molecule has 1 aromatic heterocycles. The number of ether oxygens (including phenoxy) is 1. The third-order valence-electron chi connectivity index (χ3n) is 5.00. The number of nitriles is 1. The molecule has 0 aliphatic carbocycles. The standard InChI is InChI=1S/C25H18F2N4O2/c1-33-21-4-2-3-17(13-21)24-22(15-31(30-24)20-11-9-19(27)10-12-20)25(32)29-23(14-28)16-5-7-18(26)8-6-16/h2-13,15,23H,1H3,(H,29,32). The van der Waals surface area contributed by atoms with Gasteiger partial charge in [-0.15, -0.1) is 0 Å². The Morgan fingerprint density at radius 1 is 1.06 bits per heavy atom. The molecule has 0 radical (unpaired) electrons. The summed E-state index contributed by atoms with van der Waals surface area (Å²) in [5, 5.41) is 16.8. The summed E-state index contributed by atoms with van der Waals surface area (Å²) in [6.45, 7) is 0. The summed E-state index contributed by atoms with van der Waals surface area (Å²) in [6, 6.07) is 19.0. The van der Waals surface area contributed by atoms with Gasteiger partial charge in [0.25, 0.3) is 5.91 Å². The van der Waals surface area contributed by atoms with Gasteiger partial charge >= 0.3 is 0 Å². The molecule has 1 N–H and O–H groups in total. The van der Waals surface area contributed by atoms with Gasteiger partial charge in [-0.1, -0.05) is 24.3 Å². The fourth-order valence-electron chi connectivity index (χ4n) is 3.30. The van der Waals surface area contributed by atoms with Crippen LogP contribution >= 0.6 is 0 Å². The minimum Gasteiger partial charge on any atom is -0.497 e. The molecule has 0 spiro atoms. The zero-order chi connectivity index (χ0) is 23.4. The highest BCUT2D eigenvalue weighted by Gasteiger charge is 2.22. The molecule has 0 aliphatic heterocycles. The van der Waals surface area contributed by atoms with E-state index in [1.165, 1.54) is 66.5 Å². The SMILES string of the molecule is COc1cccc(-c2nn(-c3ccc(F)cc3)cc2C(=O)NC(C#N)c2ccc(F)cc2)c1. The quantitative estimate of drug-likeness (QED) is 0.462. The number of benzene rings is 3. The van der Waals surface area contributed by atoms with Crippen LogP contribution < -0.4 is 10.1 Å². The number of aromatic nitrogens is 2. The number of nitrogens with zero attached hydrogens (tertiary/aromatic N) is 3. The van der Waals surface area contributed by atoms with Crippen molar-refractivity contribution >= 4 is 5.91 Å². The van der Waals surface area contributed by atoms with Crippen molar-refractivity contribution in [3.63, 3.8) is 0 Å². The first-order valence-electron chi connectivity index (χ1n) is 9.94. The molecule has 0 aliphatic rings. The van der Waals surface area contributed by atoms with E-state index in [2.05, 4.69) is 10.4 Å². The van der Waals surface area contributed by atoms with Crippen LogP contribution in [-0.2, 0) is 0 Å². The molecule has 4 rings (SSSR count). The number of hydrogen-bond donors (Lipinski definition) is 1. The molecule has 1 atom stereocenters. The minimum absolute atomic E-state index is 0.204. The average Bonchev–Trinajstić information content (AvgIpc) is 3.29. The van der Waals surface area contributed by atoms with E-state index in [1.54, 1.807) is 24.3 Å². The summed E-state index contributed by atoms with van der Waals surface area (Å²) < 4.78 is 33.4. The van der Waals surface area contributed by atoms with Gasteiger partial charge < -0.3 is 10.1 Å². The number of hydrogen-bond acceptors (Lipinski definition) is 4. The fourth-order valence-corrected chi connectivity index (χ4v) is 3.30. The van der Waals surface area contributed by atoms with Crippen LogP contribution in [0.4, 0.5) is 8.78 Å². The molecule has 1 amide bonds. The van der Waals surface area contributed by atoms with Gasteiger partial charge in [-0.25, -0.2) is 13.5 Å². The molecule has 0 saturated heterocycles. The maximum atomic E-state index is 13.4. The van der Waals surface area contributed by atoms with Gasteiger partial charge in [0.1, 0.15) is 29.1 Å². The maximum absolute atomic E-state index is 13.4. The number of carbonyl (C=O) groups excluding carboxylic acids is 1. The van der Waals surface area contributed by atoms with Gasteiger partial charge in [-0.2, -0.15) is 10.4 Å². The third kappa shape index (κ3) is 4.72. The Hall–Kier alpha value is -4.51. The molecule has 6 nitrogen and oxygen atoms in total. The van der Waals surface area contributed by atoms with Crippen LogP contribution in [0, 0.1) is 23.0 Å². The third-order valence-corrected chi connectivity index (χ3v) is 5.00. The monoisotopic (exact) mass is 444 g/mol. The lowest BCUT2D eigenvalue weighted by atomic mass is 10.1. The van der Waals surface area contributed by atoms with Crippen LogP contribution in [0.2, 0.25) is 0 Å². The highest BCUT2D eigenvalue weighted by molar-refractivity contribution is 6.00. The lowest BCUT2D eigenvalue weighted by Gasteiger charge is -2.12. The summed E-state index contributed by atoms with van der Waals surface area (Å²) in [5.41, 5.74) is 2.17. The van der Waals surface area contributed by atoms with Crippen molar-refractivity contribution < 1.29 is 18.3 Å². The summed E-state index contributed by atoms with van der Waals surface area (Å²) >= 11 is 0. The molecule has 3 aromatic carbocycles. The predicted octanol–water partition coefficient (Wildman–Crippen LogP) is 4.82. The highest BCUT2D eigenvalue weighted by Crippen LogP contribution is 2.27. The topological polar surface area (TPSA) is 79.9 Å². The van der Waals surface area contributed by atoms with Crippen molar-refractivity contribution in [2.45, 2.75) is 6.04 Å². The maximum Gasteiger partial charge on any atom is 0.256 e. The van der Waals surface area contributed by atoms with Gasteiger partial charge in [0.2, 0.25) is 0 Å². The van der Waals surface area contributed by atoms with Crippen molar-refractivity contribution in [1.82, 2.24) is 15.1 Å². The average molecular weight is 444 g/mol. The second-order valence-corrected chi connectivity index (χ2v) is 7.13. The number of halogens is 2. The molecular formula is C25H18F2N4O2. The van der Waals surface area contributed by atoms with E-state index >= 15 is 0 Å².